The second-order valence-electron chi connectivity index (χ2n) is 7.34. The van der Waals surface area contributed by atoms with Gasteiger partial charge in [-0.05, 0) is 25.0 Å². The Morgan fingerprint density at radius 3 is 2.38 bits per heavy atom. The number of Topliss-reactive ketones (excluding diaryl/α,β-unsaturated/α-hetero) is 1. The predicted octanol–water partition coefficient (Wildman–Crippen LogP) is 3.03. The van der Waals surface area contributed by atoms with Crippen LogP contribution < -0.4 is 16.6 Å². The fourth-order valence-electron chi connectivity index (χ4n) is 4.49. The third-order valence-corrected chi connectivity index (χ3v) is 5.83. The van der Waals surface area contributed by atoms with Gasteiger partial charge < -0.3 is 5.32 Å². The largest absolute Gasteiger partial charge is 0.340 e. The number of hydrogen-bond acceptors (Lipinski definition) is 4. The van der Waals surface area contributed by atoms with Gasteiger partial charge >= 0.3 is 5.69 Å². The first-order valence-corrected chi connectivity index (χ1v) is 9.60. The van der Waals surface area contributed by atoms with Crippen LogP contribution in [0.3, 0.4) is 0 Å². The standard InChI is InChI=1S/C23H19N3O3/c1-3-26-21-18(22(28)25-23(26)29)16(13-9-5-4-8-12(13)2)17-19(24-21)14-10-6-7-11-15(14)20(17)27/h4-11,16,24H,3H2,1-2H3,(H,25,28,29). The number of allylic oxidation sites excluding steroid dienone is 1. The maximum atomic E-state index is 13.4. The molecule has 6 nitrogen and oxygen atoms in total. The fraction of sp³-hybridized carbons (Fsp3) is 0.174. The van der Waals surface area contributed by atoms with E-state index in [1.807, 2.05) is 56.3 Å². The number of nitrogens with zero attached hydrogens (tertiary/aromatic N) is 1. The second kappa shape index (κ2) is 6.17. The first-order chi connectivity index (χ1) is 14.0. The summed E-state index contributed by atoms with van der Waals surface area (Å²) in [7, 11) is 0. The van der Waals surface area contributed by atoms with Gasteiger partial charge in [-0.1, -0.05) is 48.5 Å². The normalized spacial score (nSPS) is 16.9. The summed E-state index contributed by atoms with van der Waals surface area (Å²) in [4.78, 5) is 41.2. The highest BCUT2D eigenvalue weighted by molar-refractivity contribution is 6.23. The lowest BCUT2D eigenvalue weighted by Gasteiger charge is -2.30. The summed E-state index contributed by atoms with van der Waals surface area (Å²) in [6, 6.07) is 15.1. The van der Waals surface area contributed by atoms with Crippen molar-refractivity contribution in [1.29, 1.82) is 0 Å². The molecule has 29 heavy (non-hydrogen) atoms. The Hall–Kier alpha value is -3.67. The molecular formula is C23H19N3O3. The minimum absolute atomic E-state index is 0.0874. The number of nitrogens with one attached hydrogen (secondary N) is 2. The summed E-state index contributed by atoms with van der Waals surface area (Å²) in [5, 5.41) is 3.27. The highest BCUT2D eigenvalue weighted by atomic mass is 16.2. The van der Waals surface area contributed by atoms with E-state index in [2.05, 4.69) is 10.3 Å². The number of fused-ring (bicyclic) bond motifs is 3. The Bertz CT molecular complexity index is 1340. The van der Waals surface area contributed by atoms with Gasteiger partial charge in [0.15, 0.2) is 5.78 Å². The number of rotatable bonds is 2. The van der Waals surface area contributed by atoms with Gasteiger partial charge in [0.25, 0.3) is 5.56 Å². The second-order valence-corrected chi connectivity index (χ2v) is 7.34. The molecule has 0 radical (unpaired) electrons. The Morgan fingerprint density at radius 2 is 1.66 bits per heavy atom. The van der Waals surface area contributed by atoms with Gasteiger partial charge in [-0.2, -0.15) is 0 Å². The summed E-state index contributed by atoms with van der Waals surface area (Å²) in [5.41, 5.74) is 3.98. The van der Waals surface area contributed by atoms with E-state index in [0.29, 0.717) is 34.8 Å². The van der Waals surface area contributed by atoms with Gasteiger partial charge in [0.05, 0.1) is 11.3 Å². The molecular weight excluding hydrogens is 366 g/mol. The van der Waals surface area contributed by atoms with Crippen molar-refractivity contribution in [2.75, 3.05) is 5.32 Å². The summed E-state index contributed by atoms with van der Waals surface area (Å²) in [6.07, 6.45) is 0. The first-order valence-electron chi connectivity index (χ1n) is 9.60. The highest BCUT2D eigenvalue weighted by Crippen LogP contribution is 2.48. The molecule has 144 valence electrons. The van der Waals surface area contributed by atoms with Crippen molar-refractivity contribution in [2.45, 2.75) is 26.3 Å². The zero-order valence-electron chi connectivity index (χ0n) is 16.1. The summed E-state index contributed by atoms with van der Waals surface area (Å²) in [6.45, 7) is 4.21. The van der Waals surface area contributed by atoms with E-state index in [1.54, 1.807) is 6.07 Å². The average Bonchev–Trinajstić information content (AvgIpc) is 3.00. The lowest BCUT2D eigenvalue weighted by atomic mass is 9.80. The molecule has 1 aliphatic carbocycles. The number of benzene rings is 2. The van der Waals surface area contributed by atoms with Crippen LogP contribution >= 0.6 is 0 Å². The molecule has 5 rings (SSSR count). The molecule has 0 bridgehead atoms. The number of carbonyl (C=O) groups excluding carboxylic acids is 1. The van der Waals surface area contributed by atoms with Crippen LogP contribution in [0.25, 0.3) is 5.70 Å². The molecule has 1 atom stereocenters. The number of hydrogen-bond donors (Lipinski definition) is 2. The Labute approximate surface area is 166 Å². The van der Waals surface area contributed by atoms with Crippen LogP contribution in [0.15, 0.2) is 63.7 Å². The smallest absolute Gasteiger partial charge is 0.329 e. The molecule has 1 aliphatic heterocycles. The Balaban J connectivity index is 1.90. The van der Waals surface area contributed by atoms with Crippen LogP contribution in [-0.2, 0) is 6.54 Å². The molecule has 2 N–H and O–H groups in total. The van der Waals surface area contributed by atoms with E-state index < -0.39 is 17.2 Å². The minimum atomic E-state index is -0.551. The van der Waals surface area contributed by atoms with Crippen LogP contribution in [0.4, 0.5) is 5.82 Å². The lowest BCUT2D eigenvalue weighted by molar-refractivity contribution is 0.103. The molecule has 0 spiro atoms. The van der Waals surface area contributed by atoms with Crippen LogP contribution in [-0.4, -0.2) is 15.3 Å². The molecule has 1 unspecified atom stereocenters. The van der Waals surface area contributed by atoms with E-state index in [1.165, 1.54) is 4.57 Å². The summed E-state index contributed by atoms with van der Waals surface area (Å²) < 4.78 is 1.51. The van der Waals surface area contributed by atoms with E-state index in [4.69, 9.17) is 0 Å². The molecule has 6 heteroatoms. The molecule has 2 heterocycles. The monoisotopic (exact) mass is 385 g/mol. The van der Waals surface area contributed by atoms with Crippen molar-refractivity contribution < 1.29 is 4.79 Å². The lowest BCUT2D eigenvalue weighted by Crippen LogP contribution is -2.38. The fourth-order valence-corrected chi connectivity index (χ4v) is 4.49. The van der Waals surface area contributed by atoms with Crippen molar-refractivity contribution in [2.24, 2.45) is 0 Å². The first kappa shape index (κ1) is 17.4. The number of aromatic nitrogens is 2. The molecule has 0 amide bonds. The van der Waals surface area contributed by atoms with Gasteiger partial charge in [-0.3, -0.25) is 19.1 Å². The molecule has 2 aromatic carbocycles. The topological polar surface area (TPSA) is 84.0 Å². The molecule has 2 aliphatic rings. The van der Waals surface area contributed by atoms with Crippen molar-refractivity contribution in [3.05, 3.63) is 103 Å². The summed E-state index contributed by atoms with van der Waals surface area (Å²) >= 11 is 0. The number of aryl methyl sites for hydroxylation is 1. The number of ketones is 1. The van der Waals surface area contributed by atoms with E-state index in [9.17, 15) is 14.4 Å². The molecule has 0 fully saturated rings. The van der Waals surface area contributed by atoms with Crippen molar-refractivity contribution in [3.8, 4) is 0 Å². The van der Waals surface area contributed by atoms with Crippen LogP contribution in [0.2, 0.25) is 0 Å². The Morgan fingerprint density at radius 1 is 0.966 bits per heavy atom. The zero-order chi connectivity index (χ0) is 20.3. The van der Waals surface area contributed by atoms with E-state index in [0.717, 1.165) is 16.7 Å². The zero-order valence-corrected chi connectivity index (χ0v) is 16.1. The highest BCUT2D eigenvalue weighted by Gasteiger charge is 2.42. The number of carbonyl (C=O) groups is 1. The third-order valence-electron chi connectivity index (χ3n) is 5.83. The Kier molecular flexibility index (Phi) is 3.71. The van der Waals surface area contributed by atoms with E-state index >= 15 is 0 Å². The third kappa shape index (κ3) is 2.32. The maximum Gasteiger partial charge on any atom is 0.329 e. The summed E-state index contributed by atoms with van der Waals surface area (Å²) in [5.74, 6) is -0.182. The van der Waals surface area contributed by atoms with Gasteiger partial charge in [0.1, 0.15) is 5.82 Å². The number of H-pyrrole nitrogens is 1. The average molecular weight is 385 g/mol. The number of aromatic amines is 1. The van der Waals surface area contributed by atoms with Gasteiger partial charge in [0.2, 0.25) is 0 Å². The molecule has 1 aromatic heterocycles. The van der Waals surface area contributed by atoms with Crippen LogP contribution in [0.5, 0.6) is 0 Å². The van der Waals surface area contributed by atoms with Crippen LogP contribution in [0, 0.1) is 6.92 Å². The van der Waals surface area contributed by atoms with Crippen LogP contribution in [0.1, 0.15) is 45.5 Å². The van der Waals surface area contributed by atoms with Gasteiger partial charge in [-0.15, -0.1) is 0 Å². The molecule has 0 saturated heterocycles. The van der Waals surface area contributed by atoms with Gasteiger partial charge in [0, 0.05) is 29.2 Å². The minimum Gasteiger partial charge on any atom is -0.340 e. The van der Waals surface area contributed by atoms with Gasteiger partial charge in [-0.25, -0.2) is 4.79 Å². The van der Waals surface area contributed by atoms with Crippen molar-refractivity contribution >= 4 is 17.3 Å². The number of anilines is 1. The quantitative estimate of drug-likeness (QED) is 0.710. The van der Waals surface area contributed by atoms with Crippen molar-refractivity contribution in [1.82, 2.24) is 9.55 Å². The molecule has 0 saturated carbocycles. The maximum absolute atomic E-state index is 13.4. The SMILES string of the molecule is CCn1c2c(c(=O)[nH]c1=O)C(c1ccccc1C)C1=C(N2)c2ccccc2C1=O. The van der Waals surface area contributed by atoms with E-state index in [-0.39, 0.29) is 5.78 Å². The molecule has 3 aromatic rings. The predicted molar refractivity (Wildman–Crippen MR) is 111 cm³/mol. The van der Waals surface area contributed by atoms with Crippen molar-refractivity contribution in [3.63, 3.8) is 0 Å².